The van der Waals surface area contributed by atoms with Crippen LogP contribution in [0.1, 0.15) is 44.8 Å². The number of rotatable bonds is 5. The van der Waals surface area contributed by atoms with Crippen molar-refractivity contribution in [1.29, 1.82) is 0 Å². The highest BCUT2D eigenvalue weighted by Crippen LogP contribution is 2.34. The molecule has 6 nitrogen and oxygen atoms in total. The number of hydrogen-bond acceptors (Lipinski definition) is 3. The lowest BCUT2D eigenvalue weighted by Gasteiger charge is -2.35. The van der Waals surface area contributed by atoms with Crippen LogP contribution in [0.15, 0.2) is 17.4 Å². The normalized spacial score (nSPS) is 28.0. The molecule has 2 fully saturated rings. The zero-order chi connectivity index (χ0) is 16.2. The summed E-state index contributed by atoms with van der Waals surface area (Å²) >= 11 is 0. The Balaban J connectivity index is 1.62. The molecule has 6 heteroatoms. The molecule has 2 aliphatic rings. The van der Waals surface area contributed by atoms with Gasteiger partial charge < -0.3 is 15.0 Å². The quantitative estimate of drug-likeness (QED) is 0.666. The van der Waals surface area contributed by atoms with Crippen molar-refractivity contribution in [3.63, 3.8) is 0 Å². The predicted molar refractivity (Wildman–Crippen MR) is 91.4 cm³/mol. The van der Waals surface area contributed by atoms with E-state index < -0.39 is 0 Å². The van der Waals surface area contributed by atoms with E-state index in [0.29, 0.717) is 6.04 Å². The third kappa shape index (κ3) is 4.05. The number of nitrogens with zero attached hydrogens (tertiary/aromatic N) is 4. The fourth-order valence-electron chi connectivity index (χ4n) is 3.32. The average Bonchev–Trinajstić information content (AvgIpc) is 3.13. The molecule has 0 amide bonds. The van der Waals surface area contributed by atoms with Crippen LogP contribution in [0.4, 0.5) is 0 Å². The Labute approximate surface area is 138 Å². The van der Waals surface area contributed by atoms with Crippen LogP contribution in [0.25, 0.3) is 0 Å². The fourth-order valence-corrected chi connectivity index (χ4v) is 3.32. The lowest BCUT2D eigenvalue weighted by Crippen LogP contribution is -2.49. The van der Waals surface area contributed by atoms with Crippen LogP contribution in [0.3, 0.4) is 0 Å². The Bertz CT molecular complexity index is 541. The molecule has 1 saturated carbocycles. The van der Waals surface area contributed by atoms with Crippen molar-refractivity contribution in [3.8, 4) is 0 Å². The van der Waals surface area contributed by atoms with Crippen LogP contribution in [-0.4, -0.2) is 52.9 Å². The van der Waals surface area contributed by atoms with E-state index in [1.807, 2.05) is 24.1 Å². The van der Waals surface area contributed by atoms with Gasteiger partial charge in [0.05, 0.1) is 19.3 Å². The van der Waals surface area contributed by atoms with Crippen molar-refractivity contribution in [1.82, 2.24) is 20.0 Å². The summed E-state index contributed by atoms with van der Waals surface area (Å²) < 4.78 is 7.77. The highest BCUT2D eigenvalue weighted by atomic mass is 16.5. The van der Waals surface area contributed by atoms with E-state index in [0.717, 1.165) is 43.7 Å². The summed E-state index contributed by atoms with van der Waals surface area (Å²) in [6, 6.07) is 0.611. The molecule has 0 radical (unpaired) electrons. The highest BCUT2D eigenvalue weighted by molar-refractivity contribution is 5.80. The monoisotopic (exact) mass is 319 g/mol. The first-order valence-electron chi connectivity index (χ1n) is 8.87. The summed E-state index contributed by atoms with van der Waals surface area (Å²) in [6.45, 7) is 7.62. The van der Waals surface area contributed by atoms with Crippen molar-refractivity contribution < 1.29 is 4.74 Å². The van der Waals surface area contributed by atoms with Crippen molar-refractivity contribution >= 4 is 5.96 Å². The van der Waals surface area contributed by atoms with E-state index in [1.54, 1.807) is 0 Å². The van der Waals surface area contributed by atoms with Crippen LogP contribution in [-0.2, 0) is 11.8 Å². The predicted octanol–water partition coefficient (Wildman–Crippen LogP) is 1.95. The van der Waals surface area contributed by atoms with Crippen molar-refractivity contribution in [2.24, 2.45) is 18.0 Å². The second-order valence-corrected chi connectivity index (χ2v) is 6.59. The zero-order valence-corrected chi connectivity index (χ0v) is 14.5. The Morgan fingerprint density at radius 3 is 3.04 bits per heavy atom. The molecule has 0 bridgehead atoms. The van der Waals surface area contributed by atoms with Gasteiger partial charge in [-0.25, -0.2) is 0 Å². The van der Waals surface area contributed by atoms with Gasteiger partial charge in [0.1, 0.15) is 6.10 Å². The smallest absolute Gasteiger partial charge is 0.194 e. The maximum Gasteiger partial charge on any atom is 0.194 e. The average molecular weight is 319 g/mol. The summed E-state index contributed by atoms with van der Waals surface area (Å²) in [5.74, 6) is 1.88. The Morgan fingerprint density at radius 1 is 1.48 bits per heavy atom. The number of nitrogens with one attached hydrogen (secondary N) is 1. The van der Waals surface area contributed by atoms with Crippen LogP contribution in [0, 0.1) is 5.92 Å². The molecule has 1 aromatic rings. The minimum Gasteiger partial charge on any atom is -0.370 e. The molecule has 2 heterocycles. The van der Waals surface area contributed by atoms with E-state index in [9.17, 15) is 0 Å². The van der Waals surface area contributed by atoms with E-state index in [-0.39, 0.29) is 6.10 Å². The second kappa shape index (κ2) is 7.34. The number of ether oxygens (including phenoxy) is 1. The van der Waals surface area contributed by atoms with E-state index in [1.165, 1.54) is 19.3 Å². The van der Waals surface area contributed by atoms with Crippen LogP contribution >= 0.6 is 0 Å². The van der Waals surface area contributed by atoms with Crippen molar-refractivity contribution in [3.05, 3.63) is 18.0 Å². The van der Waals surface area contributed by atoms with Gasteiger partial charge in [0, 0.05) is 37.9 Å². The van der Waals surface area contributed by atoms with E-state index in [2.05, 4.69) is 29.2 Å². The zero-order valence-electron chi connectivity index (χ0n) is 14.5. The molecule has 1 aliphatic heterocycles. The fraction of sp³-hybridized carbons (Fsp3) is 0.765. The molecular weight excluding hydrogens is 290 g/mol. The van der Waals surface area contributed by atoms with Gasteiger partial charge in [-0.15, -0.1) is 0 Å². The van der Waals surface area contributed by atoms with Crippen LogP contribution in [0.2, 0.25) is 0 Å². The number of aryl methyl sites for hydroxylation is 1. The van der Waals surface area contributed by atoms with E-state index >= 15 is 0 Å². The second-order valence-electron chi connectivity index (χ2n) is 6.59. The number of morpholine rings is 1. The maximum absolute atomic E-state index is 5.94. The first-order chi connectivity index (χ1) is 11.2. The third-order valence-corrected chi connectivity index (χ3v) is 4.67. The molecule has 1 aromatic heterocycles. The van der Waals surface area contributed by atoms with Gasteiger partial charge >= 0.3 is 0 Å². The molecule has 1 aliphatic carbocycles. The molecule has 1 N–H and O–H groups in total. The summed E-state index contributed by atoms with van der Waals surface area (Å²) in [5.41, 5.74) is 1.14. The van der Waals surface area contributed by atoms with Crippen molar-refractivity contribution in [2.75, 3.05) is 26.2 Å². The molecule has 0 spiro atoms. The Morgan fingerprint density at radius 2 is 2.35 bits per heavy atom. The van der Waals surface area contributed by atoms with Gasteiger partial charge in [0.25, 0.3) is 0 Å². The van der Waals surface area contributed by atoms with Gasteiger partial charge in [-0.05, 0) is 25.7 Å². The maximum atomic E-state index is 5.94. The standard InChI is InChI=1S/C17H29N5O/c1-4-6-13-9-15(13)20-17(18-5-2)22-7-8-23-16(12-22)14-10-19-21(3)11-14/h10-11,13,15-16H,4-9,12H2,1-3H3,(H,18,20). The Hall–Kier alpha value is -1.56. The number of hydrogen-bond donors (Lipinski definition) is 1. The Kier molecular flexibility index (Phi) is 5.20. The molecule has 3 rings (SSSR count). The molecule has 1 saturated heterocycles. The summed E-state index contributed by atoms with van der Waals surface area (Å²) in [6.07, 6.45) is 7.88. The lowest BCUT2D eigenvalue weighted by molar-refractivity contribution is -0.00812. The van der Waals surface area contributed by atoms with Gasteiger partial charge in [-0.1, -0.05) is 13.3 Å². The molecule has 0 aromatic carbocycles. The van der Waals surface area contributed by atoms with E-state index in [4.69, 9.17) is 9.73 Å². The molecule has 23 heavy (non-hydrogen) atoms. The first kappa shape index (κ1) is 16.3. The number of aliphatic imine (C=N–C) groups is 1. The van der Waals surface area contributed by atoms with Crippen molar-refractivity contribution in [2.45, 2.75) is 45.3 Å². The van der Waals surface area contributed by atoms with Crippen LogP contribution in [0.5, 0.6) is 0 Å². The number of aromatic nitrogens is 2. The third-order valence-electron chi connectivity index (χ3n) is 4.67. The molecule has 128 valence electrons. The molecule has 3 atom stereocenters. The number of guanidine groups is 1. The summed E-state index contributed by atoms with van der Waals surface area (Å²) in [5, 5.41) is 7.93. The van der Waals surface area contributed by atoms with Gasteiger partial charge in [0.15, 0.2) is 5.96 Å². The lowest BCUT2D eigenvalue weighted by atomic mass is 10.1. The highest BCUT2D eigenvalue weighted by Gasteiger charge is 2.38. The van der Waals surface area contributed by atoms with Crippen LogP contribution < -0.4 is 5.32 Å². The van der Waals surface area contributed by atoms with Gasteiger partial charge in [-0.3, -0.25) is 9.67 Å². The molecule has 3 unspecified atom stereocenters. The largest absolute Gasteiger partial charge is 0.370 e. The van der Waals surface area contributed by atoms with Gasteiger partial charge in [-0.2, -0.15) is 5.10 Å². The molecular formula is C17H29N5O. The van der Waals surface area contributed by atoms with Gasteiger partial charge in [0.2, 0.25) is 0 Å². The summed E-state index contributed by atoms with van der Waals surface area (Å²) in [4.78, 5) is 7.05. The minimum atomic E-state index is 0.0759. The summed E-state index contributed by atoms with van der Waals surface area (Å²) in [7, 11) is 1.94. The topological polar surface area (TPSA) is 54.7 Å². The minimum absolute atomic E-state index is 0.0759. The first-order valence-corrected chi connectivity index (χ1v) is 8.87. The SMILES string of the molecule is CCCC1CC1NC(=NCC)N1CCOC(c2cnn(C)c2)C1.